The SMILES string of the molecule is CC1CC(C)N(C(C)CC(=O)O)C1. The highest BCUT2D eigenvalue weighted by Gasteiger charge is 2.30. The van der Waals surface area contributed by atoms with Crippen LogP contribution < -0.4 is 0 Å². The highest BCUT2D eigenvalue weighted by Crippen LogP contribution is 2.25. The second kappa shape index (κ2) is 4.09. The lowest BCUT2D eigenvalue weighted by Crippen LogP contribution is -2.37. The van der Waals surface area contributed by atoms with E-state index >= 15 is 0 Å². The van der Waals surface area contributed by atoms with E-state index in [1.54, 1.807) is 0 Å². The fourth-order valence-corrected chi connectivity index (χ4v) is 2.32. The molecule has 13 heavy (non-hydrogen) atoms. The first-order valence-electron chi connectivity index (χ1n) is 4.98. The Morgan fingerprint density at radius 3 is 2.62 bits per heavy atom. The molecule has 0 aliphatic carbocycles. The van der Waals surface area contributed by atoms with Gasteiger partial charge < -0.3 is 5.11 Å². The van der Waals surface area contributed by atoms with E-state index in [-0.39, 0.29) is 12.5 Å². The molecule has 0 aromatic carbocycles. The smallest absolute Gasteiger partial charge is 0.304 e. The minimum atomic E-state index is -0.695. The van der Waals surface area contributed by atoms with Crippen LogP contribution in [0.15, 0.2) is 0 Å². The fraction of sp³-hybridized carbons (Fsp3) is 0.900. The van der Waals surface area contributed by atoms with E-state index in [1.165, 1.54) is 6.42 Å². The van der Waals surface area contributed by atoms with Gasteiger partial charge in [0.25, 0.3) is 0 Å². The molecule has 76 valence electrons. The summed E-state index contributed by atoms with van der Waals surface area (Å²) >= 11 is 0. The number of carboxylic acids is 1. The zero-order valence-electron chi connectivity index (χ0n) is 8.66. The summed E-state index contributed by atoms with van der Waals surface area (Å²) < 4.78 is 0. The van der Waals surface area contributed by atoms with Crippen molar-refractivity contribution in [3.05, 3.63) is 0 Å². The molecule has 3 unspecified atom stereocenters. The number of rotatable bonds is 3. The summed E-state index contributed by atoms with van der Waals surface area (Å²) in [6, 6.07) is 0.724. The quantitative estimate of drug-likeness (QED) is 0.725. The Bertz CT molecular complexity index is 193. The number of hydrogen-bond acceptors (Lipinski definition) is 2. The monoisotopic (exact) mass is 185 g/mol. The Kier molecular flexibility index (Phi) is 3.31. The minimum Gasteiger partial charge on any atom is -0.481 e. The van der Waals surface area contributed by atoms with E-state index in [0.29, 0.717) is 12.0 Å². The minimum absolute atomic E-state index is 0.178. The van der Waals surface area contributed by atoms with Gasteiger partial charge in [-0.05, 0) is 26.2 Å². The van der Waals surface area contributed by atoms with Gasteiger partial charge in [-0.2, -0.15) is 0 Å². The van der Waals surface area contributed by atoms with Gasteiger partial charge in [0, 0.05) is 18.6 Å². The van der Waals surface area contributed by atoms with E-state index in [2.05, 4.69) is 18.7 Å². The van der Waals surface area contributed by atoms with E-state index in [1.807, 2.05) is 6.92 Å². The Balaban J connectivity index is 2.46. The van der Waals surface area contributed by atoms with Crippen LogP contribution in [-0.4, -0.2) is 34.6 Å². The molecule has 3 heteroatoms. The van der Waals surface area contributed by atoms with Crippen LogP contribution in [0.25, 0.3) is 0 Å². The first-order valence-corrected chi connectivity index (χ1v) is 4.98. The van der Waals surface area contributed by atoms with Gasteiger partial charge in [-0.25, -0.2) is 0 Å². The number of carboxylic acid groups (broad SMARTS) is 1. The van der Waals surface area contributed by atoms with E-state index in [9.17, 15) is 4.79 Å². The van der Waals surface area contributed by atoms with Crippen molar-refractivity contribution in [2.75, 3.05) is 6.54 Å². The van der Waals surface area contributed by atoms with Crippen molar-refractivity contribution in [1.29, 1.82) is 0 Å². The molecule has 3 atom stereocenters. The third-order valence-corrected chi connectivity index (χ3v) is 2.87. The van der Waals surface area contributed by atoms with Crippen molar-refractivity contribution in [2.45, 2.75) is 45.7 Å². The molecule has 3 nitrogen and oxygen atoms in total. The molecular formula is C10H19NO2. The summed E-state index contributed by atoms with van der Waals surface area (Å²) in [4.78, 5) is 12.8. The van der Waals surface area contributed by atoms with Crippen LogP contribution in [0.5, 0.6) is 0 Å². The summed E-state index contributed by atoms with van der Waals surface area (Å²) in [7, 11) is 0. The van der Waals surface area contributed by atoms with Gasteiger partial charge in [-0.15, -0.1) is 0 Å². The van der Waals surface area contributed by atoms with Crippen molar-refractivity contribution < 1.29 is 9.90 Å². The van der Waals surface area contributed by atoms with Gasteiger partial charge in [-0.1, -0.05) is 6.92 Å². The van der Waals surface area contributed by atoms with Crippen LogP contribution in [0.4, 0.5) is 0 Å². The standard InChI is InChI=1S/C10H19NO2/c1-7-4-8(2)11(6-7)9(3)5-10(12)13/h7-9H,4-6H2,1-3H3,(H,12,13). The Labute approximate surface area is 79.7 Å². The average molecular weight is 185 g/mol. The largest absolute Gasteiger partial charge is 0.481 e. The number of hydrogen-bond donors (Lipinski definition) is 1. The highest BCUT2D eigenvalue weighted by molar-refractivity contribution is 5.67. The predicted octanol–water partition coefficient (Wildman–Crippen LogP) is 1.58. The second-order valence-corrected chi connectivity index (χ2v) is 4.33. The topological polar surface area (TPSA) is 40.5 Å². The molecule has 0 radical (unpaired) electrons. The first-order chi connectivity index (χ1) is 6.00. The van der Waals surface area contributed by atoms with Gasteiger partial charge in [0.2, 0.25) is 0 Å². The van der Waals surface area contributed by atoms with Gasteiger partial charge in [-0.3, -0.25) is 9.69 Å². The molecular weight excluding hydrogens is 166 g/mol. The molecule has 0 aromatic rings. The molecule has 1 fully saturated rings. The molecule has 0 saturated carbocycles. The lowest BCUT2D eigenvalue weighted by molar-refractivity contribution is -0.138. The summed E-state index contributed by atoms with van der Waals surface area (Å²) in [5.74, 6) is 0.0190. The zero-order chi connectivity index (χ0) is 10.0. The molecule has 0 amide bonds. The molecule has 0 aromatic heterocycles. The number of nitrogens with zero attached hydrogens (tertiary/aromatic N) is 1. The predicted molar refractivity (Wildman–Crippen MR) is 51.7 cm³/mol. The lowest BCUT2D eigenvalue weighted by atomic mass is 10.1. The summed E-state index contributed by atoms with van der Waals surface area (Å²) in [6.07, 6.45) is 1.46. The third-order valence-electron chi connectivity index (χ3n) is 2.87. The Hall–Kier alpha value is -0.570. The number of aliphatic carboxylic acids is 1. The maximum atomic E-state index is 10.5. The van der Waals surface area contributed by atoms with Crippen molar-refractivity contribution >= 4 is 5.97 Å². The highest BCUT2D eigenvalue weighted by atomic mass is 16.4. The molecule has 1 rings (SSSR count). The Morgan fingerprint density at radius 2 is 2.23 bits per heavy atom. The normalized spacial score (nSPS) is 31.9. The molecule has 1 aliphatic rings. The molecule has 1 heterocycles. The molecule has 0 bridgehead atoms. The number of carbonyl (C=O) groups is 1. The van der Waals surface area contributed by atoms with Gasteiger partial charge in [0.1, 0.15) is 0 Å². The van der Waals surface area contributed by atoms with Crippen LogP contribution in [0.3, 0.4) is 0 Å². The third kappa shape index (κ3) is 2.69. The van der Waals surface area contributed by atoms with Crippen LogP contribution in [0.2, 0.25) is 0 Å². The fourth-order valence-electron chi connectivity index (χ4n) is 2.32. The summed E-state index contributed by atoms with van der Waals surface area (Å²) in [5, 5.41) is 8.67. The van der Waals surface area contributed by atoms with Gasteiger partial charge in [0.15, 0.2) is 0 Å². The van der Waals surface area contributed by atoms with Crippen molar-refractivity contribution in [3.8, 4) is 0 Å². The molecule has 1 saturated heterocycles. The van der Waals surface area contributed by atoms with E-state index in [4.69, 9.17) is 5.11 Å². The van der Waals surface area contributed by atoms with Gasteiger partial charge >= 0.3 is 5.97 Å². The Morgan fingerprint density at radius 1 is 1.62 bits per heavy atom. The summed E-state index contributed by atoms with van der Waals surface area (Å²) in [5.41, 5.74) is 0. The maximum absolute atomic E-state index is 10.5. The average Bonchev–Trinajstić information content (AvgIpc) is 2.28. The van der Waals surface area contributed by atoms with Crippen LogP contribution in [0.1, 0.15) is 33.6 Å². The lowest BCUT2D eigenvalue weighted by Gasteiger charge is -2.27. The summed E-state index contributed by atoms with van der Waals surface area (Å²) in [6.45, 7) is 7.46. The number of likely N-dealkylation sites (tertiary alicyclic amines) is 1. The molecule has 1 aliphatic heterocycles. The van der Waals surface area contributed by atoms with Crippen LogP contribution >= 0.6 is 0 Å². The zero-order valence-corrected chi connectivity index (χ0v) is 8.66. The maximum Gasteiger partial charge on any atom is 0.304 e. The van der Waals surface area contributed by atoms with Crippen molar-refractivity contribution in [3.63, 3.8) is 0 Å². The van der Waals surface area contributed by atoms with E-state index < -0.39 is 5.97 Å². The van der Waals surface area contributed by atoms with Crippen LogP contribution in [-0.2, 0) is 4.79 Å². The van der Waals surface area contributed by atoms with Crippen molar-refractivity contribution in [2.24, 2.45) is 5.92 Å². The molecule has 0 spiro atoms. The van der Waals surface area contributed by atoms with E-state index in [0.717, 1.165) is 6.54 Å². The van der Waals surface area contributed by atoms with Crippen LogP contribution in [0, 0.1) is 5.92 Å². The second-order valence-electron chi connectivity index (χ2n) is 4.33. The van der Waals surface area contributed by atoms with Crippen molar-refractivity contribution in [1.82, 2.24) is 4.90 Å². The van der Waals surface area contributed by atoms with Gasteiger partial charge in [0.05, 0.1) is 6.42 Å². The molecule has 1 N–H and O–H groups in total. The first kappa shape index (κ1) is 10.5.